The molecule has 1 aliphatic rings. The van der Waals surface area contributed by atoms with Crippen LogP contribution in [-0.2, 0) is 17.6 Å². The van der Waals surface area contributed by atoms with Crippen molar-refractivity contribution in [1.29, 1.82) is 0 Å². The predicted molar refractivity (Wildman–Crippen MR) is 129 cm³/mol. The van der Waals surface area contributed by atoms with Gasteiger partial charge in [-0.15, -0.1) is 0 Å². The highest BCUT2D eigenvalue weighted by atomic mass is 16.5. The van der Waals surface area contributed by atoms with E-state index < -0.39 is 0 Å². The van der Waals surface area contributed by atoms with Crippen molar-refractivity contribution in [3.63, 3.8) is 0 Å². The molecule has 7 heteroatoms. The number of carbonyl (C=O) groups excluding carboxylic acids is 2. The van der Waals surface area contributed by atoms with Crippen LogP contribution in [0, 0.1) is 0 Å². The molecule has 2 unspecified atom stereocenters. The van der Waals surface area contributed by atoms with Gasteiger partial charge >= 0.3 is 6.03 Å². The Morgan fingerprint density at radius 2 is 1.73 bits per heavy atom. The summed E-state index contributed by atoms with van der Waals surface area (Å²) >= 11 is 0. The Hall–Kier alpha value is -3.22. The summed E-state index contributed by atoms with van der Waals surface area (Å²) in [5.74, 6) is 1.21. The molecule has 1 heterocycles. The molecule has 178 valence electrons. The zero-order valence-corrected chi connectivity index (χ0v) is 20.2. The lowest BCUT2D eigenvalue weighted by molar-refractivity contribution is -0.121. The largest absolute Gasteiger partial charge is 0.493 e. The maximum absolute atomic E-state index is 13.1. The molecule has 0 saturated carbocycles. The van der Waals surface area contributed by atoms with E-state index in [9.17, 15) is 9.59 Å². The first-order valence-electron chi connectivity index (χ1n) is 11.5. The number of rotatable bonds is 8. The third-order valence-electron chi connectivity index (χ3n) is 5.97. The number of fused-ring (bicyclic) bond motifs is 1. The lowest BCUT2D eigenvalue weighted by atomic mass is 9.86. The van der Waals surface area contributed by atoms with Crippen LogP contribution in [-0.4, -0.2) is 49.7 Å². The molecule has 0 bridgehead atoms. The predicted octanol–water partition coefficient (Wildman–Crippen LogP) is 3.86. The van der Waals surface area contributed by atoms with Crippen LogP contribution in [0.15, 0.2) is 42.5 Å². The highest BCUT2D eigenvalue weighted by Gasteiger charge is 2.37. The molecule has 0 radical (unpaired) electrons. The number of nitrogens with one attached hydrogen (secondary N) is 2. The Balaban J connectivity index is 1.96. The van der Waals surface area contributed by atoms with Crippen molar-refractivity contribution in [2.45, 2.75) is 58.2 Å². The van der Waals surface area contributed by atoms with Gasteiger partial charge in [0.1, 0.15) is 0 Å². The van der Waals surface area contributed by atoms with Crippen molar-refractivity contribution in [2.75, 3.05) is 20.8 Å². The maximum Gasteiger partial charge on any atom is 0.318 e. The fraction of sp³-hybridized carbons (Fsp3) is 0.462. The molecule has 3 rings (SSSR count). The molecule has 0 saturated heterocycles. The third kappa shape index (κ3) is 5.78. The quantitative estimate of drug-likeness (QED) is 0.636. The summed E-state index contributed by atoms with van der Waals surface area (Å²) in [4.78, 5) is 27.9. The van der Waals surface area contributed by atoms with Crippen LogP contribution in [0.5, 0.6) is 11.5 Å². The standard InChI is InChI=1S/C26H35N3O4/c1-6-21(28-24(30)14-18-10-8-7-9-11-18)25-20-16-23(33-5)22(32-4)15-19(20)12-13-29(25)26(31)27-17(2)3/h7-11,15-17,21,25H,6,12-14H2,1-5H3,(H,27,31)(H,28,30). The first-order valence-corrected chi connectivity index (χ1v) is 11.5. The van der Waals surface area contributed by atoms with Gasteiger partial charge in [-0.2, -0.15) is 0 Å². The summed E-state index contributed by atoms with van der Waals surface area (Å²) in [5.41, 5.74) is 3.03. The van der Waals surface area contributed by atoms with Crippen LogP contribution in [0.3, 0.4) is 0 Å². The molecule has 0 spiro atoms. The first kappa shape index (κ1) is 24.4. The van der Waals surface area contributed by atoms with Gasteiger partial charge < -0.3 is 25.0 Å². The van der Waals surface area contributed by atoms with E-state index in [4.69, 9.17) is 9.47 Å². The Morgan fingerprint density at radius 3 is 2.33 bits per heavy atom. The van der Waals surface area contributed by atoms with Crippen molar-refractivity contribution < 1.29 is 19.1 Å². The van der Waals surface area contributed by atoms with Gasteiger partial charge in [0.05, 0.1) is 32.7 Å². The van der Waals surface area contributed by atoms with Crippen LogP contribution in [0.1, 0.15) is 49.9 Å². The molecular formula is C26H35N3O4. The molecule has 2 aromatic rings. The second-order valence-electron chi connectivity index (χ2n) is 8.64. The number of urea groups is 1. The Kier molecular flexibility index (Phi) is 8.20. The third-order valence-corrected chi connectivity index (χ3v) is 5.97. The number of ether oxygens (including phenoxy) is 2. The van der Waals surface area contributed by atoms with Crippen LogP contribution in [0.4, 0.5) is 4.79 Å². The SMILES string of the molecule is CCC(NC(=O)Cc1ccccc1)C1c2cc(OC)c(OC)cc2CCN1C(=O)NC(C)C. The van der Waals surface area contributed by atoms with Gasteiger partial charge in [0.25, 0.3) is 0 Å². The molecule has 0 aliphatic carbocycles. The minimum absolute atomic E-state index is 0.0118. The van der Waals surface area contributed by atoms with Crippen molar-refractivity contribution in [1.82, 2.24) is 15.5 Å². The summed E-state index contributed by atoms with van der Waals surface area (Å²) in [5, 5.41) is 6.21. The fourth-order valence-corrected chi connectivity index (χ4v) is 4.41. The molecule has 0 aromatic heterocycles. The molecule has 7 nitrogen and oxygen atoms in total. The van der Waals surface area contributed by atoms with E-state index in [0.717, 1.165) is 16.7 Å². The smallest absolute Gasteiger partial charge is 0.318 e. The maximum atomic E-state index is 13.1. The Labute approximate surface area is 196 Å². The Morgan fingerprint density at radius 1 is 1.06 bits per heavy atom. The van der Waals surface area contributed by atoms with Gasteiger partial charge in [-0.1, -0.05) is 37.3 Å². The van der Waals surface area contributed by atoms with Gasteiger partial charge in [-0.3, -0.25) is 4.79 Å². The summed E-state index contributed by atoms with van der Waals surface area (Å²) in [7, 11) is 3.22. The summed E-state index contributed by atoms with van der Waals surface area (Å²) in [6.45, 7) is 6.47. The number of carbonyl (C=O) groups is 2. The molecule has 1 aliphatic heterocycles. The minimum atomic E-state index is -0.322. The van der Waals surface area contributed by atoms with Crippen LogP contribution in [0.25, 0.3) is 0 Å². The van der Waals surface area contributed by atoms with E-state index >= 15 is 0 Å². The van der Waals surface area contributed by atoms with E-state index in [2.05, 4.69) is 10.6 Å². The van der Waals surface area contributed by atoms with Crippen molar-refractivity contribution >= 4 is 11.9 Å². The lowest BCUT2D eigenvalue weighted by Crippen LogP contribution is -2.54. The molecule has 33 heavy (non-hydrogen) atoms. The van der Waals surface area contributed by atoms with Gasteiger partial charge in [0.2, 0.25) is 5.91 Å². The van der Waals surface area contributed by atoms with Gasteiger partial charge in [0, 0.05) is 12.6 Å². The number of hydrogen-bond acceptors (Lipinski definition) is 4. The number of nitrogens with zero attached hydrogens (tertiary/aromatic N) is 1. The number of hydrogen-bond donors (Lipinski definition) is 2. The average Bonchev–Trinajstić information content (AvgIpc) is 2.81. The lowest BCUT2D eigenvalue weighted by Gasteiger charge is -2.42. The fourth-order valence-electron chi connectivity index (χ4n) is 4.41. The minimum Gasteiger partial charge on any atom is -0.493 e. The van der Waals surface area contributed by atoms with Gasteiger partial charge in [-0.25, -0.2) is 4.79 Å². The van der Waals surface area contributed by atoms with E-state index in [1.807, 2.05) is 68.1 Å². The molecule has 2 atom stereocenters. The average molecular weight is 454 g/mol. The molecule has 2 N–H and O–H groups in total. The number of benzene rings is 2. The van der Waals surface area contributed by atoms with Crippen LogP contribution >= 0.6 is 0 Å². The van der Waals surface area contributed by atoms with Crippen LogP contribution in [0.2, 0.25) is 0 Å². The van der Waals surface area contributed by atoms with Crippen molar-refractivity contribution in [3.05, 3.63) is 59.2 Å². The highest BCUT2D eigenvalue weighted by molar-refractivity contribution is 5.79. The highest BCUT2D eigenvalue weighted by Crippen LogP contribution is 2.40. The monoisotopic (exact) mass is 453 g/mol. The summed E-state index contributed by atoms with van der Waals surface area (Å²) in [6, 6.07) is 12.9. The van der Waals surface area contributed by atoms with Crippen molar-refractivity contribution in [2.24, 2.45) is 0 Å². The number of methoxy groups -OCH3 is 2. The second kappa shape index (κ2) is 11.1. The van der Waals surface area contributed by atoms with E-state index in [1.54, 1.807) is 14.2 Å². The van der Waals surface area contributed by atoms with Crippen molar-refractivity contribution in [3.8, 4) is 11.5 Å². The molecule has 2 aromatic carbocycles. The zero-order chi connectivity index (χ0) is 24.0. The van der Waals surface area contributed by atoms with Gasteiger partial charge in [0.15, 0.2) is 11.5 Å². The summed E-state index contributed by atoms with van der Waals surface area (Å²) in [6.07, 6.45) is 1.66. The first-order chi connectivity index (χ1) is 15.9. The molecular weight excluding hydrogens is 418 g/mol. The van der Waals surface area contributed by atoms with Gasteiger partial charge in [-0.05, 0) is 55.5 Å². The van der Waals surface area contributed by atoms with E-state index in [1.165, 1.54) is 0 Å². The number of amides is 3. The molecule has 0 fully saturated rings. The van der Waals surface area contributed by atoms with E-state index in [0.29, 0.717) is 37.3 Å². The molecule has 3 amide bonds. The zero-order valence-electron chi connectivity index (χ0n) is 20.2. The topological polar surface area (TPSA) is 79.9 Å². The Bertz CT molecular complexity index is 962. The normalized spacial score (nSPS) is 16.1. The second-order valence-corrected chi connectivity index (χ2v) is 8.64. The summed E-state index contributed by atoms with van der Waals surface area (Å²) < 4.78 is 11.0. The van der Waals surface area contributed by atoms with Crippen LogP contribution < -0.4 is 20.1 Å². The van der Waals surface area contributed by atoms with E-state index in [-0.39, 0.29) is 30.1 Å².